The minimum absolute atomic E-state index is 0.243. The van der Waals surface area contributed by atoms with Gasteiger partial charge >= 0.3 is 0 Å². The molecule has 0 aliphatic heterocycles. The number of anilines is 4. The van der Waals surface area contributed by atoms with Gasteiger partial charge in [0.05, 0.1) is 45.6 Å². The Balaban J connectivity index is 1.94. The van der Waals surface area contributed by atoms with Crippen molar-refractivity contribution < 1.29 is 13.2 Å². The Morgan fingerprint density at radius 1 is 0.970 bits per heavy atom. The minimum Gasteiger partial charge on any atom is -0.386 e. The number of carbonyl (C=O) groups is 1. The van der Waals surface area contributed by atoms with Gasteiger partial charge in [-0.05, 0) is 42.5 Å². The third-order valence-corrected chi connectivity index (χ3v) is 5.93. The van der Waals surface area contributed by atoms with Crippen LogP contribution in [0.2, 0.25) is 5.02 Å². The molecule has 33 heavy (non-hydrogen) atoms. The van der Waals surface area contributed by atoms with E-state index in [1.165, 1.54) is 0 Å². The van der Waals surface area contributed by atoms with Gasteiger partial charge in [0, 0.05) is 29.9 Å². The van der Waals surface area contributed by atoms with Crippen molar-refractivity contribution in [3.8, 4) is 0 Å². The second-order valence-corrected chi connectivity index (χ2v) is 9.62. The van der Waals surface area contributed by atoms with Crippen molar-refractivity contribution in [1.29, 1.82) is 0 Å². The molecule has 4 aromatic rings. The maximum absolute atomic E-state index is 12.5. The summed E-state index contributed by atoms with van der Waals surface area (Å²) in [5.74, 6) is -0.243. The standard InChI is InChI=1S/C23H22ClN5O3S/c1-25-20-12-14(29-33(3,31)32)8-10-18(20)27-21-15-9-7-13(24)11-19(15)28-22-16(21)5-4-6-17(22)23(30)26-2/h4-12,25,29H,1-3H3,(H,26,30)(H,27,28). The zero-order chi connectivity index (χ0) is 23.8. The van der Waals surface area contributed by atoms with E-state index in [1.807, 2.05) is 12.1 Å². The van der Waals surface area contributed by atoms with Crippen LogP contribution in [-0.4, -0.2) is 39.7 Å². The molecular weight excluding hydrogens is 462 g/mol. The fourth-order valence-electron chi connectivity index (χ4n) is 3.66. The molecule has 0 radical (unpaired) electrons. The number of halogens is 1. The predicted octanol–water partition coefficient (Wildman–Crippen LogP) is 4.56. The molecule has 170 valence electrons. The molecule has 1 aromatic heterocycles. The number of carbonyl (C=O) groups excluding carboxylic acids is 1. The molecular formula is C23H22ClN5O3S. The molecule has 0 aliphatic carbocycles. The summed E-state index contributed by atoms with van der Waals surface area (Å²) in [7, 11) is -0.0880. The van der Waals surface area contributed by atoms with Crippen LogP contribution in [0.1, 0.15) is 10.4 Å². The smallest absolute Gasteiger partial charge is 0.253 e. The van der Waals surface area contributed by atoms with Crippen LogP contribution >= 0.6 is 11.6 Å². The van der Waals surface area contributed by atoms with Crippen LogP contribution in [0, 0.1) is 0 Å². The Kier molecular flexibility index (Phi) is 6.01. The van der Waals surface area contributed by atoms with E-state index in [-0.39, 0.29) is 5.91 Å². The lowest BCUT2D eigenvalue weighted by molar-refractivity contribution is 0.0964. The fraction of sp³-hybridized carbons (Fsp3) is 0.130. The normalized spacial score (nSPS) is 11.4. The SMILES string of the molecule is CNC(=O)c1cccc2c(Nc3ccc(NS(C)(=O)=O)cc3NC)c3ccc(Cl)cc3nc12. The molecule has 0 saturated carbocycles. The average Bonchev–Trinajstić information content (AvgIpc) is 2.77. The number of benzene rings is 3. The number of nitrogens with one attached hydrogen (secondary N) is 4. The lowest BCUT2D eigenvalue weighted by atomic mass is 10.0. The molecule has 8 nitrogen and oxygen atoms in total. The summed E-state index contributed by atoms with van der Waals surface area (Å²) in [6, 6.07) is 16.0. The number of para-hydroxylation sites is 1. The molecule has 3 aromatic carbocycles. The molecule has 10 heteroatoms. The van der Waals surface area contributed by atoms with E-state index in [0.717, 1.165) is 22.7 Å². The van der Waals surface area contributed by atoms with Crippen LogP contribution in [-0.2, 0) is 10.0 Å². The number of pyridine rings is 1. The van der Waals surface area contributed by atoms with Crippen molar-refractivity contribution >= 4 is 72.1 Å². The van der Waals surface area contributed by atoms with Gasteiger partial charge in [-0.1, -0.05) is 23.7 Å². The van der Waals surface area contributed by atoms with Gasteiger partial charge in [0.2, 0.25) is 10.0 Å². The van der Waals surface area contributed by atoms with Gasteiger partial charge in [-0.3, -0.25) is 9.52 Å². The van der Waals surface area contributed by atoms with Crippen molar-refractivity contribution in [3.05, 3.63) is 65.2 Å². The van der Waals surface area contributed by atoms with E-state index >= 15 is 0 Å². The number of nitrogens with zero attached hydrogens (tertiary/aromatic N) is 1. The van der Waals surface area contributed by atoms with Gasteiger partial charge in [-0.2, -0.15) is 0 Å². The Labute approximate surface area is 196 Å². The van der Waals surface area contributed by atoms with Crippen LogP contribution < -0.4 is 20.7 Å². The number of amides is 1. The van der Waals surface area contributed by atoms with Crippen LogP contribution in [0.4, 0.5) is 22.7 Å². The largest absolute Gasteiger partial charge is 0.386 e. The Hall–Kier alpha value is -3.56. The quantitative estimate of drug-likeness (QED) is 0.299. The van der Waals surface area contributed by atoms with Crippen molar-refractivity contribution in [3.63, 3.8) is 0 Å². The monoisotopic (exact) mass is 483 g/mol. The third kappa shape index (κ3) is 4.64. The maximum Gasteiger partial charge on any atom is 0.253 e. The Morgan fingerprint density at radius 2 is 1.76 bits per heavy atom. The van der Waals surface area contributed by atoms with Crippen LogP contribution in [0.25, 0.3) is 21.8 Å². The fourth-order valence-corrected chi connectivity index (χ4v) is 4.39. The summed E-state index contributed by atoms with van der Waals surface area (Å²) in [4.78, 5) is 17.2. The zero-order valence-electron chi connectivity index (χ0n) is 18.2. The molecule has 0 aliphatic rings. The first-order valence-corrected chi connectivity index (χ1v) is 12.3. The topological polar surface area (TPSA) is 112 Å². The van der Waals surface area contributed by atoms with Crippen molar-refractivity contribution in [2.75, 3.05) is 35.7 Å². The first-order valence-electron chi connectivity index (χ1n) is 10.0. The summed E-state index contributed by atoms with van der Waals surface area (Å²) in [6.07, 6.45) is 1.10. The molecule has 0 atom stereocenters. The second-order valence-electron chi connectivity index (χ2n) is 7.44. The molecule has 0 unspecified atom stereocenters. The molecule has 4 N–H and O–H groups in total. The number of hydrogen-bond acceptors (Lipinski definition) is 6. The van der Waals surface area contributed by atoms with Gasteiger partial charge in [0.25, 0.3) is 5.91 Å². The summed E-state index contributed by atoms with van der Waals surface area (Å²) >= 11 is 6.22. The first-order chi connectivity index (χ1) is 15.7. The van der Waals surface area contributed by atoms with E-state index in [9.17, 15) is 13.2 Å². The maximum atomic E-state index is 12.5. The summed E-state index contributed by atoms with van der Waals surface area (Å²) in [6.45, 7) is 0. The number of hydrogen-bond donors (Lipinski definition) is 4. The van der Waals surface area contributed by atoms with Crippen molar-refractivity contribution in [1.82, 2.24) is 10.3 Å². The molecule has 1 heterocycles. The highest BCUT2D eigenvalue weighted by Gasteiger charge is 2.17. The van der Waals surface area contributed by atoms with E-state index in [4.69, 9.17) is 16.6 Å². The average molecular weight is 484 g/mol. The Bertz CT molecular complexity index is 1510. The predicted molar refractivity (Wildman–Crippen MR) is 135 cm³/mol. The van der Waals surface area contributed by atoms with Gasteiger partial charge in [0.1, 0.15) is 0 Å². The lowest BCUT2D eigenvalue weighted by Crippen LogP contribution is -2.18. The minimum atomic E-state index is -3.41. The molecule has 0 bridgehead atoms. The zero-order valence-corrected chi connectivity index (χ0v) is 19.7. The van der Waals surface area contributed by atoms with E-state index < -0.39 is 10.0 Å². The molecule has 0 spiro atoms. The first kappa shape index (κ1) is 22.6. The summed E-state index contributed by atoms with van der Waals surface area (Å²) in [5, 5.41) is 11.3. The highest BCUT2D eigenvalue weighted by molar-refractivity contribution is 7.92. The van der Waals surface area contributed by atoms with Crippen LogP contribution in [0.15, 0.2) is 54.6 Å². The number of aromatic nitrogens is 1. The molecule has 1 amide bonds. The number of rotatable bonds is 6. The molecule has 0 fully saturated rings. The van der Waals surface area contributed by atoms with E-state index in [2.05, 4.69) is 20.7 Å². The number of sulfonamides is 1. The van der Waals surface area contributed by atoms with Crippen LogP contribution in [0.5, 0.6) is 0 Å². The summed E-state index contributed by atoms with van der Waals surface area (Å²) < 4.78 is 25.7. The van der Waals surface area contributed by atoms with Crippen LogP contribution in [0.3, 0.4) is 0 Å². The second kappa shape index (κ2) is 8.76. The highest BCUT2D eigenvalue weighted by atomic mass is 35.5. The lowest BCUT2D eigenvalue weighted by Gasteiger charge is -2.18. The highest BCUT2D eigenvalue weighted by Crippen LogP contribution is 2.37. The molecule has 4 rings (SSSR count). The number of fused-ring (bicyclic) bond motifs is 2. The van der Waals surface area contributed by atoms with E-state index in [0.29, 0.717) is 38.7 Å². The van der Waals surface area contributed by atoms with Gasteiger partial charge in [-0.25, -0.2) is 13.4 Å². The van der Waals surface area contributed by atoms with Crippen molar-refractivity contribution in [2.24, 2.45) is 0 Å². The van der Waals surface area contributed by atoms with Gasteiger partial charge < -0.3 is 16.0 Å². The van der Waals surface area contributed by atoms with Gasteiger partial charge in [0.15, 0.2) is 0 Å². The Morgan fingerprint density at radius 3 is 2.45 bits per heavy atom. The van der Waals surface area contributed by atoms with E-state index in [1.54, 1.807) is 56.6 Å². The van der Waals surface area contributed by atoms with Crippen molar-refractivity contribution in [2.45, 2.75) is 0 Å². The summed E-state index contributed by atoms with van der Waals surface area (Å²) in [5.41, 5.74) is 4.19. The van der Waals surface area contributed by atoms with Gasteiger partial charge in [-0.15, -0.1) is 0 Å². The third-order valence-electron chi connectivity index (χ3n) is 5.09. The molecule has 0 saturated heterocycles.